The Bertz CT molecular complexity index is 790. The number of anilines is 1. The molecular formula is C19H23N3O2. The van der Waals surface area contributed by atoms with Crippen molar-refractivity contribution >= 4 is 11.7 Å². The third-order valence-electron chi connectivity index (χ3n) is 5.17. The lowest BCUT2D eigenvalue weighted by Gasteiger charge is -2.16. The predicted octanol–water partition coefficient (Wildman–Crippen LogP) is 3.78. The summed E-state index contributed by atoms with van der Waals surface area (Å²) in [6, 6.07) is 7.95. The minimum absolute atomic E-state index is 0.0616. The monoisotopic (exact) mass is 325 g/mol. The summed E-state index contributed by atoms with van der Waals surface area (Å²) in [5.41, 5.74) is 1.62. The van der Waals surface area contributed by atoms with Crippen LogP contribution in [-0.4, -0.2) is 22.3 Å². The number of benzene rings is 1. The number of nitrogens with zero attached hydrogens (tertiary/aromatic N) is 2. The summed E-state index contributed by atoms with van der Waals surface area (Å²) in [4.78, 5) is 12.8. The van der Waals surface area contributed by atoms with E-state index in [0.717, 1.165) is 11.4 Å². The average Bonchev–Trinajstić information content (AvgIpc) is 3.24. The first kappa shape index (κ1) is 15.2. The third-order valence-corrected chi connectivity index (χ3v) is 5.17. The van der Waals surface area contributed by atoms with E-state index in [1.807, 2.05) is 28.9 Å². The highest BCUT2D eigenvalue weighted by molar-refractivity contribution is 6.06. The fourth-order valence-electron chi connectivity index (χ4n) is 3.43. The maximum Gasteiger partial charge on any atom is 0.260 e. The Morgan fingerprint density at radius 3 is 2.92 bits per heavy atom. The molecule has 1 aliphatic carbocycles. The zero-order valence-corrected chi connectivity index (χ0v) is 14.4. The van der Waals surface area contributed by atoms with Crippen LogP contribution in [0.25, 0.3) is 0 Å². The molecule has 5 nitrogen and oxygen atoms in total. The Morgan fingerprint density at radius 2 is 2.17 bits per heavy atom. The van der Waals surface area contributed by atoms with E-state index in [0.29, 0.717) is 29.9 Å². The van der Waals surface area contributed by atoms with Crippen LogP contribution in [0.3, 0.4) is 0 Å². The minimum atomic E-state index is -0.144. The van der Waals surface area contributed by atoms with E-state index >= 15 is 0 Å². The van der Waals surface area contributed by atoms with Crippen LogP contribution in [0.2, 0.25) is 0 Å². The molecule has 1 aromatic heterocycles. The number of ether oxygens (including phenoxy) is 1. The maximum absolute atomic E-state index is 12.8. The second-order valence-corrected chi connectivity index (χ2v) is 7.55. The number of aromatic nitrogens is 2. The first-order valence-corrected chi connectivity index (χ1v) is 8.58. The first-order valence-electron chi connectivity index (χ1n) is 8.58. The molecule has 1 aromatic carbocycles. The molecule has 1 amide bonds. The van der Waals surface area contributed by atoms with E-state index < -0.39 is 0 Å². The number of hydrogen-bond acceptors (Lipinski definition) is 3. The Morgan fingerprint density at radius 1 is 1.38 bits per heavy atom. The van der Waals surface area contributed by atoms with Gasteiger partial charge in [0, 0.05) is 17.0 Å². The van der Waals surface area contributed by atoms with Crippen LogP contribution in [0.4, 0.5) is 5.82 Å². The molecule has 1 N–H and O–H groups in total. The summed E-state index contributed by atoms with van der Waals surface area (Å²) in [5.74, 6) is 1.98. The zero-order valence-electron chi connectivity index (χ0n) is 14.4. The quantitative estimate of drug-likeness (QED) is 0.931. The molecule has 2 aromatic rings. The van der Waals surface area contributed by atoms with Gasteiger partial charge < -0.3 is 10.1 Å². The molecule has 1 fully saturated rings. The van der Waals surface area contributed by atoms with Gasteiger partial charge in [0.05, 0.1) is 24.4 Å². The topological polar surface area (TPSA) is 56.2 Å². The van der Waals surface area contributed by atoms with Gasteiger partial charge in [-0.05, 0) is 31.7 Å². The molecule has 0 spiro atoms. The lowest BCUT2D eigenvalue weighted by molar-refractivity contribution is 0.102. The molecule has 126 valence electrons. The van der Waals surface area contributed by atoms with Crippen molar-refractivity contribution in [3.05, 3.63) is 41.6 Å². The number of carbonyl (C=O) groups excluding carboxylic acids is 1. The normalized spacial score (nSPS) is 19.5. The number of carbonyl (C=O) groups is 1. The minimum Gasteiger partial charge on any atom is -0.492 e. The Balaban J connectivity index is 1.60. The summed E-state index contributed by atoms with van der Waals surface area (Å²) in [6.45, 7) is 7.02. The summed E-state index contributed by atoms with van der Waals surface area (Å²) in [6.07, 6.45) is 4.22. The van der Waals surface area contributed by atoms with Gasteiger partial charge in [-0.25, -0.2) is 4.68 Å². The molecule has 0 radical (unpaired) electrons. The lowest BCUT2D eigenvalue weighted by atomic mass is 9.86. The smallest absolute Gasteiger partial charge is 0.260 e. The summed E-state index contributed by atoms with van der Waals surface area (Å²) < 4.78 is 7.75. The second-order valence-electron chi connectivity index (χ2n) is 7.55. The molecule has 1 aliphatic heterocycles. The van der Waals surface area contributed by atoms with Crippen molar-refractivity contribution in [2.24, 2.45) is 5.92 Å². The summed E-state index contributed by atoms with van der Waals surface area (Å²) in [5, 5.41) is 7.40. The predicted molar refractivity (Wildman–Crippen MR) is 92.6 cm³/mol. The van der Waals surface area contributed by atoms with E-state index in [1.54, 1.807) is 6.20 Å². The molecule has 5 heteroatoms. The molecule has 0 bridgehead atoms. The molecule has 1 atom stereocenters. The van der Waals surface area contributed by atoms with Crippen molar-refractivity contribution in [3.63, 3.8) is 0 Å². The van der Waals surface area contributed by atoms with E-state index in [4.69, 9.17) is 4.74 Å². The number of hydrogen-bond donors (Lipinski definition) is 1. The Hall–Kier alpha value is -2.30. The lowest BCUT2D eigenvalue weighted by Crippen LogP contribution is -2.19. The number of amides is 1. The van der Waals surface area contributed by atoms with Crippen LogP contribution in [0, 0.1) is 5.92 Å². The van der Waals surface area contributed by atoms with Crippen LogP contribution in [0.15, 0.2) is 30.5 Å². The highest BCUT2D eigenvalue weighted by Crippen LogP contribution is 2.42. The Labute approximate surface area is 142 Å². The van der Waals surface area contributed by atoms with Crippen molar-refractivity contribution in [2.75, 3.05) is 11.9 Å². The molecular weight excluding hydrogens is 302 g/mol. The molecule has 2 aliphatic rings. The highest BCUT2D eigenvalue weighted by atomic mass is 16.5. The molecule has 0 saturated heterocycles. The van der Waals surface area contributed by atoms with Gasteiger partial charge in [0.1, 0.15) is 11.6 Å². The molecule has 1 saturated carbocycles. The fourth-order valence-corrected chi connectivity index (χ4v) is 3.43. The number of fused-ring (bicyclic) bond motifs is 1. The maximum atomic E-state index is 12.8. The second kappa shape index (κ2) is 5.36. The van der Waals surface area contributed by atoms with Crippen LogP contribution < -0.4 is 10.1 Å². The van der Waals surface area contributed by atoms with Gasteiger partial charge in [0.15, 0.2) is 0 Å². The number of para-hydroxylation sites is 1. The number of nitrogens with one attached hydrogen (secondary N) is 1. The SMILES string of the molecule is CC(C1CC1)n1nccc1NC(=O)c1cccc2c1OCC2(C)C. The zero-order chi connectivity index (χ0) is 16.9. The third kappa shape index (κ3) is 2.48. The van der Waals surface area contributed by atoms with Crippen LogP contribution in [-0.2, 0) is 5.41 Å². The van der Waals surface area contributed by atoms with E-state index in [9.17, 15) is 4.79 Å². The molecule has 2 heterocycles. The van der Waals surface area contributed by atoms with Gasteiger partial charge in [-0.2, -0.15) is 5.10 Å². The van der Waals surface area contributed by atoms with Crippen molar-refractivity contribution in [3.8, 4) is 5.75 Å². The van der Waals surface area contributed by atoms with Gasteiger partial charge in [0.2, 0.25) is 0 Å². The van der Waals surface area contributed by atoms with Crippen molar-refractivity contribution in [1.82, 2.24) is 9.78 Å². The van der Waals surface area contributed by atoms with Gasteiger partial charge in [0.25, 0.3) is 5.91 Å². The fraction of sp³-hybridized carbons (Fsp3) is 0.474. The molecule has 24 heavy (non-hydrogen) atoms. The Kier molecular flexibility index (Phi) is 3.41. The van der Waals surface area contributed by atoms with Crippen LogP contribution >= 0.6 is 0 Å². The van der Waals surface area contributed by atoms with Gasteiger partial charge >= 0.3 is 0 Å². The summed E-state index contributed by atoms with van der Waals surface area (Å²) >= 11 is 0. The van der Waals surface area contributed by atoms with Crippen molar-refractivity contribution in [2.45, 2.75) is 45.1 Å². The molecule has 4 rings (SSSR count). The van der Waals surface area contributed by atoms with Gasteiger partial charge in [-0.1, -0.05) is 26.0 Å². The van der Waals surface area contributed by atoms with E-state index in [2.05, 4.69) is 31.2 Å². The van der Waals surface area contributed by atoms with Crippen molar-refractivity contribution < 1.29 is 9.53 Å². The van der Waals surface area contributed by atoms with Crippen LogP contribution in [0.1, 0.15) is 55.6 Å². The van der Waals surface area contributed by atoms with Crippen LogP contribution in [0.5, 0.6) is 5.75 Å². The summed E-state index contributed by atoms with van der Waals surface area (Å²) in [7, 11) is 0. The number of rotatable bonds is 4. The average molecular weight is 325 g/mol. The molecule has 1 unspecified atom stereocenters. The first-order chi connectivity index (χ1) is 11.5. The largest absolute Gasteiger partial charge is 0.492 e. The van der Waals surface area contributed by atoms with E-state index in [-0.39, 0.29) is 11.3 Å². The van der Waals surface area contributed by atoms with Gasteiger partial charge in [-0.3, -0.25) is 4.79 Å². The highest BCUT2D eigenvalue weighted by Gasteiger charge is 2.35. The van der Waals surface area contributed by atoms with Gasteiger partial charge in [-0.15, -0.1) is 0 Å². The standard InChI is InChI=1S/C19H23N3O2/c1-12(13-7-8-13)22-16(9-10-20-22)21-18(23)14-5-4-6-15-17(14)24-11-19(15,2)3/h4-6,9-10,12-13H,7-8,11H2,1-3H3,(H,21,23). The van der Waals surface area contributed by atoms with Crippen molar-refractivity contribution in [1.29, 1.82) is 0 Å². The van der Waals surface area contributed by atoms with E-state index in [1.165, 1.54) is 12.8 Å².